The Morgan fingerprint density at radius 2 is 1.90 bits per heavy atom. The van der Waals surface area contributed by atoms with Crippen LogP contribution in [0.1, 0.15) is 5.56 Å². The fourth-order valence-electron chi connectivity index (χ4n) is 1.79. The molecule has 0 saturated heterocycles. The van der Waals surface area contributed by atoms with Crippen LogP contribution in [0.15, 0.2) is 48.5 Å². The molecule has 6 heteroatoms. The van der Waals surface area contributed by atoms with Gasteiger partial charge in [-0.25, -0.2) is 4.39 Å². The molecule has 0 N–H and O–H groups in total. The van der Waals surface area contributed by atoms with Gasteiger partial charge in [-0.3, -0.25) is 0 Å². The van der Waals surface area contributed by atoms with Gasteiger partial charge in [0, 0.05) is 5.56 Å². The summed E-state index contributed by atoms with van der Waals surface area (Å²) >= 11 is 0. The maximum Gasteiger partial charge on any atom is 0.205 e. The molecular formula is C14H8FN5. The third kappa shape index (κ3) is 2.12. The summed E-state index contributed by atoms with van der Waals surface area (Å²) in [7, 11) is 0. The van der Waals surface area contributed by atoms with Gasteiger partial charge in [-0.15, -0.1) is 15.0 Å². The van der Waals surface area contributed by atoms with Crippen LogP contribution in [0, 0.1) is 17.1 Å². The Balaban J connectivity index is 2.05. The molecule has 0 bridgehead atoms. The van der Waals surface area contributed by atoms with E-state index in [9.17, 15) is 4.39 Å². The highest BCUT2D eigenvalue weighted by Gasteiger charge is 2.11. The van der Waals surface area contributed by atoms with E-state index < -0.39 is 5.82 Å². The van der Waals surface area contributed by atoms with Gasteiger partial charge in [0.2, 0.25) is 5.82 Å². The molecule has 96 valence electrons. The lowest BCUT2D eigenvalue weighted by Gasteiger charge is -2.00. The quantitative estimate of drug-likeness (QED) is 0.713. The van der Waals surface area contributed by atoms with E-state index in [1.807, 2.05) is 36.4 Å². The smallest absolute Gasteiger partial charge is 0.205 e. The van der Waals surface area contributed by atoms with Crippen molar-refractivity contribution in [3.05, 3.63) is 59.9 Å². The Bertz CT molecular complexity index is 789. The Morgan fingerprint density at radius 1 is 1.10 bits per heavy atom. The summed E-state index contributed by atoms with van der Waals surface area (Å²) in [6, 6.07) is 15.1. The average Bonchev–Trinajstić information content (AvgIpc) is 2.97. The minimum absolute atomic E-state index is 0.155. The zero-order valence-electron chi connectivity index (χ0n) is 10.2. The fourth-order valence-corrected chi connectivity index (χ4v) is 1.79. The number of nitriles is 1. The van der Waals surface area contributed by atoms with Gasteiger partial charge in [0.05, 0.1) is 5.56 Å². The number of tetrazole rings is 1. The van der Waals surface area contributed by atoms with Crippen LogP contribution in [0.4, 0.5) is 4.39 Å². The summed E-state index contributed by atoms with van der Waals surface area (Å²) in [6.07, 6.45) is 0. The van der Waals surface area contributed by atoms with Crippen LogP contribution in [0.3, 0.4) is 0 Å². The molecule has 5 nitrogen and oxygen atoms in total. The van der Waals surface area contributed by atoms with Crippen LogP contribution >= 0.6 is 0 Å². The molecule has 3 aromatic rings. The normalized spacial score (nSPS) is 10.2. The highest BCUT2D eigenvalue weighted by molar-refractivity contribution is 5.54. The van der Waals surface area contributed by atoms with Crippen molar-refractivity contribution < 1.29 is 4.39 Å². The lowest BCUT2D eigenvalue weighted by Crippen LogP contribution is -2.02. The second kappa shape index (κ2) is 4.90. The molecule has 0 unspecified atom stereocenters. The number of hydrogen-bond donors (Lipinski definition) is 0. The van der Waals surface area contributed by atoms with Crippen LogP contribution in [-0.4, -0.2) is 20.2 Å². The molecule has 1 heterocycles. The van der Waals surface area contributed by atoms with Gasteiger partial charge in [-0.05, 0) is 23.4 Å². The number of halogens is 1. The van der Waals surface area contributed by atoms with Crippen LogP contribution < -0.4 is 0 Å². The van der Waals surface area contributed by atoms with E-state index in [0.717, 1.165) is 11.6 Å². The maximum atomic E-state index is 13.1. The maximum absolute atomic E-state index is 13.1. The van der Waals surface area contributed by atoms with Crippen molar-refractivity contribution >= 4 is 0 Å². The van der Waals surface area contributed by atoms with Gasteiger partial charge in [0.15, 0.2) is 0 Å². The molecule has 2 aromatic carbocycles. The fraction of sp³-hybridized carbons (Fsp3) is 0. The second-order valence-corrected chi connectivity index (χ2v) is 4.04. The molecule has 0 aliphatic heterocycles. The molecule has 0 aliphatic carbocycles. The van der Waals surface area contributed by atoms with Crippen molar-refractivity contribution in [2.75, 3.05) is 0 Å². The molecule has 3 rings (SSSR count). The Kier molecular flexibility index (Phi) is 2.94. The monoisotopic (exact) mass is 265 g/mol. The summed E-state index contributed by atoms with van der Waals surface area (Å²) in [5, 5.41) is 21.1. The molecule has 1 aromatic heterocycles. The first-order chi connectivity index (χ1) is 9.78. The van der Waals surface area contributed by atoms with Crippen molar-refractivity contribution in [3.63, 3.8) is 0 Å². The van der Waals surface area contributed by atoms with Crippen molar-refractivity contribution in [1.82, 2.24) is 20.2 Å². The number of nitrogens with zero attached hydrogens (tertiary/aromatic N) is 5. The molecule has 0 saturated carbocycles. The van der Waals surface area contributed by atoms with E-state index >= 15 is 0 Å². The SMILES string of the molecule is N#Cc1cc(F)ccc1-n1nnc(-c2ccccc2)n1. The molecule has 0 aliphatic rings. The van der Waals surface area contributed by atoms with Gasteiger partial charge >= 0.3 is 0 Å². The zero-order chi connectivity index (χ0) is 13.9. The van der Waals surface area contributed by atoms with Crippen LogP contribution in [0.5, 0.6) is 0 Å². The minimum atomic E-state index is -0.478. The van der Waals surface area contributed by atoms with Crippen molar-refractivity contribution in [1.29, 1.82) is 5.26 Å². The van der Waals surface area contributed by atoms with Crippen LogP contribution in [-0.2, 0) is 0 Å². The summed E-state index contributed by atoms with van der Waals surface area (Å²) in [5.74, 6) is -0.0347. The predicted molar refractivity (Wildman–Crippen MR) is 69.3 cm³/mol. The Morgan fingerprint density at radius 3 is 2.65 bits per heavy atom. The molecule has 0 atom stereocenters. The van der Waals surface area contributed by atoms with Crippen molar-refractivity contribution in [2.24, 2.45) is 0 Å². The largest absolute Gasteiger partial charge is 0.207 e. The first-order valence-electron chi connectivity index (χ1n) is 5.83. The van der Waals surface area contributed by atoms with Crippen LogP contribution in [0.25, 0.3) is 17.1 Å². The first-order valence-corrected chi connectivity index (χ1v) is 5.83. The highest BCUT2D eigenvalue weighted by Crippen LogP contribution is 2.16. The summed E-state index contributed by atoms with van der Waals surface area (Å²) in [5.41, 5.74) is 1.37. The lowest BCUT2D eigenvalue weighted by atomic mass is 10.2. The third-order valence-electron chi connectivity index (χ3n) is 2.74. The molecular weight excluding hydrogens is 257 g/mol. The van der Waals surface area contributed by atoms with E-state index in [-0.39, 0.29) is 5.56 Å². The summed E-state index contributed by atoms with van der Waals surface area (Å²) < 4.78 is 13.1. The summed E-state index contributed by atoms with van der Waals surface area (Å²) in [4.78, 5) is 1.22. The number of hydrogen-bond acceptors (Lipinski definition) is 4. The van der Waals surface area contributed by atoms with Gasteiger partial charge in [-0.1, -0.05) is 30.3 Å². The van der Waals surface area contributed by atoms with Crippen molar-refractivity contribution in [3.8, 4) is 23.1 Å². The third-order valence-corrected chi connectivity index (χ3v) is 2.74. The Labute approximate surface area is 113 Å². The predicted octanol–water partition coefficient (Wildman–Crippen LogP) is 2.34. The van der Waals surface area contributed by atoms with Gasteiger partial charge in [0.1, 0.15) is 17.6 Å². The topological polar surface area (TPSA) is 67.4 Å². The van der Waals surface area contributed by atoms with E-state index in [1.54, 1.807) is 0 Å². The lowest BCUT2D eigenvalue weighted by molar-refractivity contribution is 0.624. The standard InChI is InChI=1S/C14H8FN5/c15-12-6-7-13(11(8-12)9-16)20-18-14(17-19-20)10-4-2-1-3-5-10/h1-8H. The highest BCUT2D eigenvalue weighted by atomic mass is 19.1. The van der Waals surface area contributed by atoms with Gasteiger partial charge < -0.3 is 0 Å². The van der Waals surface area contributed by atoms with Gasteiger partial charge in [-0.2, -0.15) is 5.26 Å². The number of aromatic nitrogens is 4. The summed E-state index contributed by atoms with van der Waals surface area (Å²) in [6.45, 7) is 0. The van der Waals surface area contributed by atoms with E-state index in [0.29, 0.717) is 11.5 Å². The Hall–Kier alpha value is -3.07. The molecule has 0 spiro atoms. The van der Waals surface area contributed by atoms with E-state index in [2.05, 4.69) is 15.4 Å². The van der Waals surface area contributed by atoms with E-state index in [1.165, 1.54) is 16.9 Å². The van der Waals surface area contributed by atoms with Crippen LogP contribution in [0.2, 0.25) is 0 Å². The number of benzene rings is 2. The molecule has 0 fully saturated rings. The average molecular weight is 265 g/mol. The zero-order valence-corrected chi connectivity index (χ0v) is 10.2. The van der Waals surface area contributed by atoms with E-state index in [4.69, 9.17) is 5.26 Å². The second-order valence-electron chi connectivity index (χ2n) is 4.04. The minimum Gasteiger partial charge on any atom is -0.207 e. The molecule has 0 amide bonds. The van der Waals surface area contributed by atoms with Gasteiger partial charge in [0.25, 0.3) is 0 Å². The number of rotatable bonds is 2. The van der Waals surface area contributed by atoms with Crippen molar-refractivity contribution in [2.45, 2.75) is 0 Å². The first kappa shape index (κ1) is 12.0. The molecule has 0 radical (unpaired) electrons. The molecule has 20 heavy (non-hydrogen) atoms.